The highest BCUT2D eigenvalue weighted by molar-refractivity contribution is 6.20. The lowest BCUT2D eigenvalue weighted by Gasteiger charge is -2.40. The lowest BCUT2D eigenvalue weighted by Crippen LogP contribution is -2.60. The summed E-state index contributed by atoms with van der Waals surface area (Å²) in [6.45, 7) is -0.555. The normalized spacial score (nSPS) is 31.7. The molecule has 1 fully saturated rings. The summed E-state index contributed by atoms with van der Waals surface area (Å²) in [5, 5.41) is 41.0. The summed E-state index contributed by atoms with van der Waals surface area (Å²) in [4.78, 5) is 0. The molecule has 1 aromatic rings. The highest BCUT2D eigenvalue weighted by Gasteiger charge is 2.43. The van der Waals surface area contributed by atoms with E-state index in [1.165, 1.54) is 24.3 Å². The zero-order valence-electron chi connectivity index (χ0n) is 11.6. The fourth-order valence-corrected chi connectivity index (χ4v) is 2.23. The van der Waals surface area contributed by atoms with E-state index >= 15 is 0 Å². The maximum absolute atomic E-state index is 12.5. The minimum atomic E-state index is -3.83. The quantitative estimate of drug-likeness (QED) is 0.475. The molecule has 23 heavy (non-hydrogen) atoms. The molecule has 1 saturated heterocycles. The predicted octanol–water partition coefficient (Wildman–Crippen LogP) is 0.0663. The standard InChI is InChI=1S/C13H16ClF2NO6/c14-13(15,16)23-7-3-1-6(2-4-7)17-12-11(21)10(20)9(19)8(5-18)22-12/h1-4,8-12,17-21H,5H2/t8-,9-,10+,11-,12+/m0/s1. The zero-order valence-corrected chi connectivity index (χ0v) is 12.4. The third-order valence-corrected chi connectivity index (χ3v) is 3.37. The molecule has 0 saturated carbocycles. The maximum Gasteiger partial charge on any atom is 0.487 e. The molecule has 1 aliphatic rings. The Morgan fingerprint density at radius 1 is 1.13 bits per heavy atom. The van der Waals surface area contributed by atoms with E-state index < -0.39 is 42.8 Å². The largest absolute Gasteiger partial charge is 0.487 e. The van der Waals surface area contributed by atoms with Gasteiger partial charge in [-0.15, -0.1) is 8.78 Å². The Labute approximate surface area is 135 Å². The third-order valence-electron chi connectivity index (χ3n) is 3.29. The molecule has 0 bridgehead atoms. The fourth-order valence-electron chi connectivity index (χ4n) is 2.14. The molecular weight excluding hydrogens is 340 g/mol. The number of alkyl halides is 3. The molecule has 0 aliphatic carbocycles. The summed E-state index contributed by atoms with van der Waals surface area (Å²) in [6.07, 6.45) is -6.61. The molecule has 1 aromatic carbocycles. The van der Waals surface area contributed by atoms with Gasteiger partial charge in [-0.3, -0.25) is 0 Å². The summed E-state index contributed by atoms with van der Waals surface area (Å²) >= 11 is 4.64. The van der Waals surface area contributed by atoms with Crippen LogP contribution in [-0.4, -0.2) is 63.2 Å². The van der Waals surface area contributed by atoms with Crippen LogP contribution in [0.1, 0.15) is 0 Å². The molecule has 0 radical (unpaired) electrons. The molecule has 5 atom stereocenters. The van der Waals surface area contributed by atoms with Gasteiger partial charge in [-0.1, -0.05) is 0 Å². The van der Waals surface area contributed by atoms with Crippen LogP contribution in [0.4, 0.5) is 14.5 Å². The van der Waals surface area contributed by atoms with Crippen molar-refractivity contribution >= 4 is 17.3 Å². The van der Waals surface area contributed by atoms with Crippen LogP contribution in [-0.2, 0) is 4.74 Å². The molecule has 0 spiro atoms. The van der Waals surface area contributed by atoms with Crippen molar-refractivity contribution in [2.75, 3.05) is 11.9 Å². The second-order valence-corrected chi connectivity index (χ2v) is 5.41. The average Bonchev–Trinajstić information content (AvgIpc) is 2.48. The van der Waals surface area contributed by atoms with E-state index in [0.29, 0.717) is 5.69 Å². The van der Waals surface area contributed by atoms with Gasteiger partial charge in [0.25, 0.3) is 0 Å². The van der Waals surface area contributed by atoms with E-state index in [2.05, 4.69) is 21.7 Å². The molecule has 7 nitrogen and oxygen atoms in total. The monoisotopic (exact) mass is 355 g/mol. The SMILES string of the molecule is OC[C@@H]1O[C@@H](Nc2ccc(OC(F)(F)Cl)cc2)[C@@H](O)[C@H](O)[C@H]1O. The molecule has 1 aliphatic heterocycles. The molecule has 1 heterocycles. The minimum Gasteiger partial charge on any atom is -0.420 e. The first-order valence-corrected chi connectivity index (χ1v) is 7.02. The number of hydrogen-bond donors (Lipinski definition) is 5. The number of nitrogens with one attached hydrogen (secondary N) is 1. The van der Waals surface area contributed by atoms with Crippen LogP contribution in [0.2, 0.25) is 0 Å². The van der Waals surface area contributed by atoms with Crippen LogP contribution < -0.4 is 10.1 Å². The molecular formula is C13H16ClF2NO6. The topological polar surface area (TPSA) is 111 Å². The van der Waals surface area contributed by atoms with Crippen molar-refractivity contribution in [3.8, 4) is 5.75 Å². The number of aliphatic hydroxyl groups is 4. The lowest BCUT2D eigenvalue weighted by atomic mass is 9.98. The molecule has 2 rings (SSSR count). The fraction of sp³-hybridized carbons (Fsp3) is 0.538. The number of benzene rings is 1. The Morgan fingerprint density at radius 2 is 1.74 bits per heavy atom. The van der Waals surface area contributed by atoms with E-state index in [1.807, 2.05) is 0 Å². The van der Waals surface area contributed by atoms with Crippen LogP contribution in [0.25, 0.3) is 0 Å². The van der Waals surface area contributed by atoms with Gasteiger partial charge >= 0.3 is 5.57 Å². The van der Waals surface area contributed by atoms with E-state index in [0.717, 1.165) is 0 Å². The van der Waals surface area contributed by atoms with Crippen molar-refractivity contribution in [2.24, 2.45) is 0 Å². The van der Waals surface area contributed by atoms with E-state index in [1.54, 1.807) is 0 Å². The number of aliphatic hydroxyl groups excluding tert-OH is 4. The molecule has 0 aromatic heterocycles. The van der Waals surface area contributed by atoms with E-state index in [4.69, 9.17) is 9.84 Å². The van der Waals surface area contributed by atoms with Gasteiger partial charge in [-0.2, -0.15) is 0 Å². The third kappa shape index (κ3) is 4.63. The Morgan fingerprint density at radius 3 is 2.26 bits per heavy atom. The summed E-state index contributed by atoms with van der Waals surface area (Å²) in [6, 6.07) is 5.14. The number of halogens is 3. The van der Waals surface area contributed by atoms with Crippen molar-refractivity contribution in [1.82, 2.24) is 0 Å². The van der Waals surface area contributed by atoms with Gasteiger partial charge in [0, 0.05) is 17.3 Å². The van der Waals surface area contributed by atoms with Crippen molar-refractivity contribution in [3.63, 3.8) is 0 Å². The van der Waals surface area contributed by atoms with Crippen LogP contribution in [0, 0.1) is 0 Å². The molecule has 5 N–H and O–H groups in total. The lowest BCUT2D eigenvalue weighted by molar-refractivity contribution is -0.221. The number of hydrogen-bond acceptors (Lipinski definition) is 7. The second-order valence-electron chi connectivity index (χ2n) is 4.97. The van der Waals surface area contributed by atoms with Crippen molar-refractivity contribution < 1.29 is 38.7 Å². The molecule has 0 unspecified atom stereocenters. The van der Waals surface area contributed by atoms with E-state index in [-0.39, 0.29) is 5.75 Å². The summed E-state index contributed by atoms with van der Waals surface area (Å²) < 4.78 is 34.4. The van der Waals surface area contributed by atoms with Gasteiger partial charge in [-0.05, 0) is 24.3 Å². The van der Waals surface area contributed by atoms with Crippen molar-refractivity contribution in [1.29, 1.82) is 0 Å². The Balaban J connectivity index is 2.03. The number of rotatable bonds is 5. The Bertz CT molecular complexity index is 512. The maximum atomic E-state index is 12.5. The Kier molecular flexibility index (Phi) is 5.61. The first kappa shape index (κ1) is 18.1. The first-order valence-electron chi connectivity index (χ1n) is 6.64. The van der Waals surface area contributed by atoms with Crippen molar-refractivity contribution in [3.05, 3.63) is 24.3 Å². The summed E-state index contributed by atoms with van der Waals surface area (Å²) in [5.74, 6) is -0.177. The van der Waals surface area contributed by atoms with Crippen LogP contribution in [0.3, 0.4) is 0 Å². The van der Waals surface area contributed by atoms with Crippen LogP contribution in [0.15, 0.2) is 24.3 Å². The smallest absolute Gasteiger partial charge is 0.420 e. The zero-order chi connectivity index (χ0) is 17.2. The summed E-state index contributed by atoms with van der Waals surface area (Å²) in [5.41, 5.74) is -3.47. The van der Waals surface area contributed by atoms with Gasteiger partial charge < -0.3 is 35.2 Å². The van der Waals surface area contributed by atoms with Gasteiger partial charge in [-0.25, -0.2) is 0 Å². The van der Waals surface area contributed by atoms with Gasteiger partial charge in [0.1, 0.15) is 30.2 Å². The molecule has 0 amide bonds. The van der Waals surface area contributed by atoms with Gasteiger partial charge in [0.05, 0.1) is 6.61 Å². The van der Waals surface area contributed by atoms with E-state index in [9.17, 15) is 24.1 Å². The van der Waals surface area contributed by atoms with Crippen molar-refractivity contribution in [2.45, 2.75) is 36.2 Å². The van der Waals surface area contributed by atoms with Crippen LogP contribution >= 0.6 is 11.6 Å². The average molecular weight is 356 g/mol. The highest BCUT2D eigenvalue weighted by Crippen LogP contribution is 2.27. The number of anilines is 1. The highest BCUT2D eigenvalue weighted by atomic mass is 35.5. The summed E-state index contributed by atoms with van der Waals surface area (Å²) in [7, 11) is 0. The van der Waals surface area contributed by atoms with Crippen LogP contribution in [0.5, 0.6) is 5.75 Å². The first-order chi connectivity index (χ1) is 10.7. The predicted molar refractivity (Wildman–Crippen MR) is 75.3 cm³/mol. The minimum absolute atomic E-state index is 0.177. The molecule has 10 heteroatoms. The molecule has 130 valence electrons. The number of ether oxygens (including phenoxy) is 2. The van der Waals surface area contributed by atoms with Gasteiger partial charge in [0.2, 0.25) is 0 Å². The Hall–Kier alpha value is -1.23. The second kappa shape index (κ2) is 7.12. The van der Waals surface area contributed by atoms with Gasteiger partial charge in [0.15, 0.2) is 6.23 Å².